The molecule has 0 aromatic heterocycles. The lowest BCUT2D eigenvalue weighted by Gasteiger charge is -2.09. The quantitative estimate of drug-likeness (QED) is 0.436. The number of aromatic hydroxyl groups is 1. The monoisotopic (exact) mass is 198 g/mol. The number of carbonyl (C=O) groups excluding carboxylic acids is 1. The molecular weight excluding hydrogens is 188 g/mol. The molecule has 0 saturated heterocycles. The van der Waals surface area contributed by atoms with E-state index < -0.39 is 0 Å². The molecule has 0 spiro atoms. The second-order valence-electron chi connectivity index (χ2n) is 2.64. The first-order chi connectivity index (χ1) is 6.61. The SMILES string of the molecule is COc1c(OO)ccc(C(C)=O)c1O. The maximum atomic E-state index is 11.0. The van der Waals surface area contributed by atoms with Crippen molar-refractivity contribution < 1.29 is 24.8 Å². The van der Waals surface area contributed by atoms with Gasteiger partial charge in [-0.25, -0.2) is 5.26 Å². The molecule has 0 aliphatic heterocycles. The van der Waals surface area contributed by atoms with Crippen molar-refractivity contribution in [2.45, 2.75) is 6.92 Å². The van der Waals surface area contributed by atoms with Crippen molar-refractivity contribution in [3.05, 3.63) is 17.7 Å². The number of Topliss-reactive ketones (excluding diaryl/α,β-unsaturated/α-hetero) is 1. The number of phenolic OH excluding ortho intramolecular Hbond substituents is 1. The number of ketones is 1. The largest absolute Gasteiger partial charge is 0.504 e. The summed E-state index contributed by atoms with van der Waals surface area (Å²) >= 11 is 0. The Kier molecular flexibility index (Phi) is 2.93. The standard InChI is InChI=1S/C9H10O5/c1-5(10)6-3-4-7(14-12)9(13-2)8(6)11/h3-4,11-12H,1-2H3. The summed E-state index contributed by atoms with van der Waals surface area (Å²) in [5, 5.41) is 18.0. The molecule has 2 N–H and O–H groups in total. The normalized spacial score (nSPS) is 9.64. The summed E-state index contributed by atoms with van der Waals surface area (Å²) in [5.41, 5.74) is 0.114. The number of benzene rings is 1. The van der Waals surface area contributed by atoms with Gasteiger partial charge in [-0.15, -0.1) is 0 Å². The van der Waals surface area contributed by atoms with Crippen molar-refractivity contribution in [1.82, 2.24) is 0 Å². The van der Waals surface area contributed by atoms with Crippen LogP contribution in [0.15, 0.2) is 12.1 Å². The molecule has 1 aromatic rings. The van der Waals surface area contributed by atoms with Gasteiger partial charge in [0.15, 0.2) is 11.5 Å². The second kappa shape index (κ2) is 3.97. The molecule has 0 radical (unpaired) electrons. The fourth-order valence-electron chi connectivity index (χ4n) is 1.11. The number of hydrogen-bond donors (Lipinski definition) is 2. The Morgan fingerprint density at radius 3 is 2.50 bits per heavy atom. The molecule has 0 fully saturated rings. The van der Waals surface area contributed by atoms with Gasteiger partial charge in [0.1, 0.15) is 0 Å². The summed E-state index contributed by atoms with van der Waals surface area (Å²) in [5.74, 6) is -0.757. The van der Waals surface area contributed by atoms with Gasteiger partial charge in [0.2, 0.25) is 11.5 Å². The van der Waals surface area contributed by atoms with E-state index in [1.165, 1.54) is 26.2 Å². The zero-order chi connectivity index (χ0) is 10.7. The van der Waals surface area contributed by atoms with Crippen LogP contribution in [0.1, 0.15) is 17.3 Å². The summed E-state index contributed by atoms with van der Waals surface area (Å²) in [6.07, 6.45) is 0. The molecule has 1 aromatic carbocycles. The molecule has 5 nitrogen and oxygen atoms in total. The Labute approximate surface area is 80.4 Å². The molecule has 0 aliphatic rings. The number of carbonyl (C=O) groups is 1. The van der Waals surface area contributed by atoms with Crippen molar-refractivity contribution in [3.8, 4) is 17.2 Å². The van der Waals surface area contributed by atoms with Crippen molar-refractivity contribution in [3.63, 3.8) is 0 Å². The number of hydrogen-bond acceptors (Lipinski definition) is 5. The van der Waals surface area contributed by atoms with E-state index in [1.807, 2.05) is 0 Å². The molecular formula is C9H10O5. The van der Waals surface area contributed by atoms with Gasteiger partial charge in [-0.05, 0) is 19.1 Å². The zero-order valence-corrected chi connectivity index (χ0v) is 7.77. The van der Waals surface area contributed by atoms with Crippen LogP contribution in [0.4, 0.5) is 0 Å². The van der Waals surface area contributed by atoms with E-state index in [2.05, 4.69) is 4.89 Å². The highest BCUT2D eigenvalue weighted by molar-refractivity contribution is 5.98. The molecule has 0 aliphatic carbocycles. The van der Waals surface area contributed by atoms with Crippen molar-refractivity contribution in [2.75, 3.05) is 7.11 Å². The Bertz CT molecular complexity index is 358. The van der Waals surface area contributed by atoms with E-state index >= 15 is 0 Å². The fourth-order valence-corrected chi connectivity index (χ4v) is 1.11. The van der Waals surface area contributed by atoms with E-state index in [4.69, 9.17) is 9.99 Å². The average molecular weight is 198 g/mol. The van der Waals surface area contributed by atoms with E-state index in [1.54, 1.807) is 0 Å². The van der Waals surface area contributed by atoms with Crippen molar-refractivity contribution >= 4 is 5.78 Å². The van der Waals surface area contributed by atoms with Gasteiger partial charge < -0.3 is 14.7 Å². The number of ether oxygens (including phenoxy) is 1. The fraction of sp³-hybridized carbons (Fsp3) is 0.222. The minimum Gasteiger partial charge on any atom is -0.504 e. The first-order valence-electron chi connectivity index (χ1n) is 3.84. The van der Waals surface area contributed by atoms with Crippen LogP contribution in [0, 0.1) is 0 Å². The van der Waals surface area contributed by atoms with Gasteiger partial charge in [0.05, 0.1) is 12.7 Å². The third-order valence-corrected chi connectivity index (χ3v) is 1.78. The van der Waals surface area contributed by atoms with Gasteiger partial charge in [0, 0.05) is 0 Å². The van der Waals surface area contributed by atoms with Crippen LogP contribution in [-0.2, 0) is 0 Å². The lowest BCUT2D eigenvalue weighted by Crippen LogP contribution is -1.97. The Morgan fingerprint density at radius 1 is 1.43 bits per heavy atom. The highest BCUT2D eigenvalue weighted by atomic mass is 17.1. The minimum atomic E-state index is -0.341. The van der Waals surface area contributed by atoms with Crippen LogP contribution >= 0.6 is 0 Å². The van der Waals surface area contributed by atoms with Crippen LogP contribution in [0.3, 0.4) is 0 Å². The molecule has 0 heterocycles. The zero-order valence-electron chi connectivity index (χ0n) is 7.77. The van der Waals surface area contributed by atoms with Gasteiger partial charge in [0.25, 0.3) is 0 Å². The Balaban J connectivity index is 3.34. The first kappa shape index (κ1) is 10.3. The second-order valence-corrected chi connectivity index (χ2v) is 2.64. The van der Waals surface area contributed by atoms with Gasteiger partial charge in [-0.2, -0.15) is 0 Å². The molecule has 1 rings (SSSR count). The topological polar surface area (TPSA) is 76.0 Å². The van der Waals surface area contributed by atoms with Crippen LogP contribution in [0.25, 0.3) is 0 Å². The van der Waals surface area contributed by atoms with E-state index in [9.17, 15) is 9.90 Å². The highest BCUT2D eigenvalue weighted by Crippen LogP contribution is 2.38. The Hall–Kier alpha value is -1.75. The molecule has 5 heteroatoms. The third-order valence-electron chi connectivity index (χ3n) is 1.78. The maximum Gasteiger partial charge on any atom is 0.210 e. The molecule has 76 valence electrons. The summed E-state index contributed by atoms with van der Waals surface area (Å²) in [7, 11) is 1.29. The van der Waals surface area contributed by atoms with Crippen LogP contribution < -0.4 is 9.62 Å². The Morgan fingerprint density at radius 2 is 2.07 bits per heavy atom. The van der Waals surface area contributed by atoms with Crippen LogP contribution in [0.2, 0.25) is 0 Å². The molecule has 0 saturated carbocycles. The molecule has 0 amide bonds. The summed E-state index contributed by atoms with van der Waals surface area (Å²) < 4.78 is 4.77. The van der Waals surface area contributed by atoms with E-state index in [0.717, 1.165) is 0 Å². The smallest absolute Gasteiger partial charge is 0.210 e. The summed E-state index contributed by atoms with van der Waals surface area (Å²) in [6.45, 7) is 1.31. The lowest BCUT2D eigenvalue weighted by molar-refractivity contribution is -0.139. The summed E-state index contributed by atoms with van der Waals surface area (Å²) in [6, 6.07) is 2.67. The van der Waals surface area contributed by atoms with Crippen molar-refractivity contribution in [2.24, 2.45) is 0 Å². The van der Waals surface area contributed by atoms with Gasteiger partial charge in [-0.1, -0.05) is 0 Å². The maximum absolute atomic E-state index is 11.0. The van der Waals surface area contributed by atoms with Gasteiger partial charge in [-0.3, -0.25) is 4.79 Å². The molecule has 14 heavy (non-hydrogen) atoms. The average Bonchev–Trinajstić information content (AvgIpc) is 2.16. The molecule has 0 bridgehead atoms. The predicted octanol–water partition coefficient (Wildman–Crippen LogP) is 1.46. The van der Waals surface area contributed by atoms with Crippen molar-refractivity contribution in [1.29, 1.82) is 0 Å². The molecule has 0 unspecified atom stereocenters. The number of rotatable bonds is 3. The van der Waals surface area contributed by atoms with Crippen LogP contribution in [-0.4, -0.2) is 23.3 Å². The number of phenols is 1. The third kappa shape index (κ3) is 1.62. The molecule has 0 atom stereocenters. The van der Waals surface area contributed by atoms with Crippen LogP contribution in [0.5, 0.6) is 17.2 Å². The summed E-state index contributed by atoms with van der Waals surface area (Å²) in [4.78, 5) is 15.0. The van der Waals surface area contributed by atoms with Gasteiger partial charge >= 0.3 is 0 Å². The van der Waals surface area contributed by atoms with E-state index in [-0.39, 0.29) is 28.6 Å². The minimum absolute atomic E-state index is 0.0463. The highest BCUT2D eigenvalue weighted by Gasteiger charge is 2.16. The van der Waals surface area contributed by atoms with E-state index in [0.29, 0.717) is 0 Å². The first-order valence-corrected chi connectivity index (χ1v) is 3.84. The number of methoxy groups -OCH3 is 1. The predicted molar refractivity (Wildman–Crippen MR) is 47.9 cm³/mol. The lowest BCUT2D eigenvalue weighted by atomic mass is 10.1.